The van der Waals surface area contributed by atoms with Gasteiger partial charge < -0.3 is 19.1 Å². The first-order valence-corrected chi connectivity index (χ1v) is 11.5. The molecule has 0 N–H and O–H groups in total. The summed E-state index contributed by atoms with van der Waals surface area (Å²) in [7, 11) is 0. The van der Waals surface area contributed by atoms with Crippen molar-refractivity contribution >= 4 is 24.6 Å². The molecule has 34 heavy (non-hydrogen) atoms. The van der Waals surface area contributed by atoms with Crippen molar-refractivity contribution in [2.24, 2.45) is 0 Å². The molecule has 182 valence electrons. The van der Waals surface area contributed by atoms with Gasteiger partial charge in [-0.25, -0.2) is 9.59 Å². The lowest BCUT2D eigenvalue weighted by molar-refractivity contribution is -0.0889. The second kappa shape index (κ2) is 9.47. The lowest BCUT2D eigenvalue weighted by Gasteiger charge is -2.48. The highest BCUT2D eigenvalue weighted by atomic mass is 35.5. The van der Waals surface area contributed by atoms with E-state index >= 15 is 0 Å². The standard InChI is InChI=1S/C26H30N2O5.ClH/c1-26(2,3)33-24(29)27-12-17-14-31-15-18(13-27)28(17)25(30)32-16-23-21-10-6-4-8-19(21)20-9-5-7-11-22(20)23;/h4-11,17-18,23H,12-16H2,1-3H3;1H. The molecule has 2 amide bonds. The zero-order valence-corrected chi connectivity index (χ0v) is 20.5. The van der Waals surface area contributed by atoms with Gasteiger partial charge in [0.1, 0.15) is 12.2 Å². The molecule has 2 aromatic carbocycles. The van der Waals surface area contributed by atoms with Crippen molar-refractivity contribution in [3.05, 3.63) is 59.7 Å². The van der Waals surface area contributed by atoms with Gasteiger partial charge in [0.05, 0.1) is 25.3 Å². The molecule has 2 aliphatic heterocycles. The van der Waals surface area contributed by atoms with Gasteiger partial charge in [0, 0.05) is 19.0 Å². The van der Waals surface area contributed by atoms with Gasteiger partial charge in [0.15, 0.2) is 0 Å². The summed E-state index contributed by atoms with van der Waals surface area (Å²) in [6.45, 7) is 7.32. The van der Waals surface area contributed by atoms with Gasteiger partial charge >= 0.3 is 12.2 Å². The summed E-state index contributed by atoms with van der Waals surface area (Å²) in [5.41, 5.74) is 4.21. The van der Waals surface area contributed by atoms with Crippen molar-refractivity contribution in [1.82, 2.24) is 9.80 Å². The average Bonchev–Trinajstić information content (AvgIpc) is 3.09. The van der Waals surface area contributed by atoms with Gasteiger partial charge in [-0.2, -0.15) is 0 Å². The fraction of sp³-hybridized carbons (Fsp3) is 0.462. The quantitative estimate of drug-likeness (QED) is 0.616. The Labute approximate surface area is 206 Å². The van der Waals surface area contributed by atoms with Crippen LogP contribution in [0.5, 0.6) is 0 Å². The molecule has 2 atom stereocenters. The van der Waals surface area contributed by atoms with Crippen LogP contribution in [0.15, 0.2) is 48.5 Å². The Morgan fingerprint density at radius 2 is 1.44 bits per heavy atom. The van der Waals surface area contributed by atoms with Crippen LogP contribution >= 0.6 is 12.4 Å². The molecule has 2 unspecified atom stereocenters. The van der Waals surface area contributed by atoms with Gasteiger partial charge in [-0.15, -0.1) is 12.4 Å². The van der Waals surface area contributed by atoms with E-state index in [1.54, 1.807) is 9.80 Å². The summed E-state index contributed by atoms with van der Waals surface area (Å²) < 4.78 is 17.1. The van der Waals surface area contributed by atoms with Crippen LogP contribution < -0.4 is 0 Å². The Hall–Kier alpha value is -2.77. The Balaban J connectivity index is 0.00000274. The van der Waals surface area contributed by atoms with E-state index in [-0.39, 0.29) is 49.2 Å². The Bertz CT molecular complexity index is 1010. The number of piperazine rings is 1. The SMILES string of the molecule is CC(C)(C)OC(=O)N1CC2COCC(C1)N2C(=O)OCC1c2ccccc2-c2ccccc21.Cl. The minimum atomic E-state index is -0.563. The second-order valence-electron chi connectivity index (χ2n) is 9.94. The molecule has 2 saturated heterocycles. The molecule has 2 aromatic rings. The molecule has 2 bridgehead atoms. The summed E-state index contributed by atoms with van der Waals surface area (Å²) in [6.07, 6.45) is -0.703. The fourth-order valence-electron chi connectivity index (χ4n) is 5.11. The number of ether oxygens (including phenoxy) is 3. The normalized spacial score (nSPS) is 21.3. The average molecular weight is 487 g/mol. The van der Waals surface area contributed by atoms with Crippen LogP contribution in [-0.2, 0) is 14.2 Å². The second-order valence-corrected chi connectivity index (χ2v) is 9.94. The number of rotatable bonds is 2. The number of carbonyl (C=O) groups is 2. The minimum Gasteiger partial charge on any atom is -0.448 e. The first-order valence-electron chi connectivity index (χ1n) is 11.5. The molecule has 0 spiro atoms. The van der Waals surface area contributed by atoms with Crippen molar-refractivity contribution in [2.75, 3.05) is 32.9 Å². The number of halogens is 1. The Morgan fingerprint density at radius 1 is 0.912 bits per heavy atom. The number of fused-ring (bicyclic) bond motifs is 5. The van der Waals surface area contributed by atoms with Crippen LogP contribution in [-0.4, -0.2) is 72.6 Å². The number of benzene rings is 2. The third-order valence-electron chi connectivity index (χ3n) is 6.47. The van der Waals surface area contributed by atoms with E-state index < -0.39 is 5.60 Å². The lowest BCUT2D eigenvalue weighted by Crippen LogP contribution is -2.67. The van der Waals surface area contributed by atoms with E-state index in [1.165, 1.54) is 22.3 Å². The van der Waals surface area contributed by atoms with E-state index in [4.69, 9.17) is 14.2 Å². The molecule has 2 fully saturated rings. The third kappa shape index (κ3) is 4.59. The van der Waals surface area contributed by atoms with Crippen molar-refractivity contribution < 1.29 is 23.8 Å². The van der Waals surface area contributed by atoms with Crippen molar-refractivity contribution in [1.29, 1.82) is 0 Å². The number of nitrogens with zero attached hydrogens (tertiary/aromatic N) is 2. The van der Waals surface area contributed by atoms with Crippen LogP contribution in [0, 0.1) is 0 Å². The maximum Gasteiger partial charge on any atom is 0.410 e. The maximum absolute atomic E-state index is 13.2. The summed E-state index contributed by atoms with van der Waals surface area (Å²) >= 11 is 0. The molecule has 8 heteroatoms. The van der Waals surface area contributed by atoms with E-state index in [0.717, 1.165) is 0 Å². The highest BCUT2D eigenvalue weighted by Gasteiger charge is 2.44. The monoisotopic (exact) mass is 486 g/mol. The topological polar surface area (TPSA) is 68.3 Å². The highest BCUT2D eigenvalue weighted by Crippen LogP contribution is 2.44. The third-order valence-corrected chi connectivity index (χ3v) is 6.47. The summed E-state index contributed by atoms with van der Waals surface area (Å²) in [5, 5.41) is 0. The highest BCUT2D eigenvalue weighted by molar-refractivity contribution is 5.85. The van der Waals surface area contributed by atoms with E-state index in [1.807, 2.05) is 45.0 Å². The number of hydrogen-bond donors (Lipinski definition) is 0. The molecule has 3 aliphatic rings. The predicted octanol–water partition coefficient (Wildman–Crippen LogP) is 4.68. The fourth-order valence-corrected chi connectivity index (χ4v) is 5.11. The molecule has 0 aromatic heterocycles. The van der Waals surface area contributed by atoms with Crippen LogP contribution in [0.4, 0.5) is 9.59 Å². The van der Waals surface area contributed by atoms with E-state index in [2.05, 4.69) is 24.3 Å². The summed E-state index contributed by atoms with van der Waals surface area (Å²) in [5.74, 6) is 0.0143. The molecule has 2 heterocycles. The van der Waals surface area contributed by atoms with Gasteiger partial charge in [0.25, 0.3) is 0 Å². The van der Waals surface area contributed by atoms with Gasteiger partial charge in [-0.05, 0) is 43.0 Å². The van der Waals surface area contributed by atoms with Crippen LogP contribution in [0.25, 0.3) is 11.1 Å². The van der Waals surface area contributed by atoms with Crippen molar-refractivity contribution in [2.45, 2.75) is 44.4 Å². The van der Waals surface area contributed by atoms with Crippen molar-refractivity contribution in [3.8, 4) is 11.1 Å². The maximum atomic E-state index is 13.2. The van der Waals surface area contributed by atoms with E-state index in [0.29, 0.717) is 26.3 Å². The van der Waals surface area contributed by atoms with Gasteiger partial charge in [-0.3, -0.25) is 4.90 Å². The molecule has 0 radical (unpaired) electrons. The zero-order valence-electron chi connectivity index (χ0n) is 19.7. The summed E-state index contributed by atoms with van der Waals surface area (Å²) in [4.78, 5) is 29.2. The first-order chi connectivity index (χ1) is 15.8. The molecule has 5 rings (SSSR count). The molecule has 0 saturated carbocycles. The number of amides is 2. The largest absolute Gasteiger partial charge is 0.448 e. The van der Waals surface area contributed by atoms with Gasteiger partial charge in [0.2, 0.25) is 0 Å². The van der Waals surface area contributed by atoms with Crippen LogP contribution in [0.1, 0.15) is 37.8 Å². The molecule has 1 aliphatic carbocycles. The minimum absolute atomic E-state index is 0. The lowest BCUT2D eigenvalue weighted by atomic mass is 9.98. The summed E-state index contributed by atoms with van der Waals surface area (Å²) in [6, 6.07) is 16.1. The van der Waals surface area contributed by atoms with Crippen molar-refractivity contribution in [3.63, 3.8) is 0 Å². The Kier molecular flexibility index (Phi) is 6.78. The molecular formula is C26H31ClN2O5. The molecular weight excluding hydrogens is 456 g/mol. The van der Waals surface area contributed by atoms with Crippen LogP contribution in [0.3, 0.4) is 0 Å². The predicted molar refractivity (Wildman–Crippen MR) is 130 cm³/mol. The zero-order chi connectivity index (χ0) is 23.2. The van der Waals surface area contributed by atoms with Crippen LogP contribution in [0.2, 0.25) is 0 Å². The number of morpholine rings is 1. The number of hydrogen-bond acceptors (Lipinski definition) is 5. The Morgan fingerprint density at radius 3 is 1.97 bits per heavy atom. The smallest absolute Gasteiger partial charge is 0.410 e. The first kappa shape index (κ1) is 24.4. The number of carbonyl (C=O) groups excluding carboxylic acids is 2. The van der Waals surface area contributed by atoms with Gasteiger partial charge in [-0.1, -0.05) is 48.5 Å². The molecule has 7 nitrogen and oxygen atoms in total. The van der Waals surface area contributed by atoms with E-state index in [9.17, 15) is 9.59 Å².